The van der Waals surface area contributed by atoms with Crippen LogP contribution in [0, 0.1) is 17.3 Å². The first kappa shape index (κ1) is 16.1. The van der Waals surface area contributed by atoms with E-state index in [0.29, 0.717) is 5.92 Å². The van der Waals surface area contributed by atoms with E-state index in [-0.39, 0.29) is 29.2 Å². The predicted molar refractivity (Wildman–Crippen MR) is 83.6 cm³/mol. The van der Waals surface area contributed by atoms with Gasteiger partial charge in [0.15, 0.2) is 0 Å². The molecule has 0 aromatic carbocycles. The van der Waals surface area contributed by atoms with Crippen molar-refractivity contribution in [3.05, 3.63) is 11.6 Å². The van der Waals surface area contributed by atoms with Crippen molar-refractivity contribution in [3.63, 3.8) is 0 Å². The van der Waals surface area contributed by atoms with Crippen LogP contribution in [0.4, 0.5) is 0 Å². The van der Waals surface area contributed by atoms with Crippen molar-refractivity contribution < 1.29 is 9.59 Å². The van der Waals surface area contributed by atoms with Gasteiger partial charge in [0.25, 0.3) is 0 Å². The maximum atomic E-state index is 12.5. The molecular formula is C17H28N2O2. The van der Waals surface area contributed by atoms with E-state index in [4.69, 9.17) is 0 Å². The second-order valence-corrected chi connectivity index (χ2v) is 7.36. The van der Waals surface area contributed by atoms with Gasteiger partial charge in [-0.15, -0.1) is 0 Å². The number of hydrogen-bond donors (Lipinski definition) is 1. The van der Waals surface area contributed by atoms with Crippen LogP contribution in [-0.2, 0) is 9.59 Å². The van der Waals surface area contributed by atoms with Gasteiger partial charge >= 0.3 is 0 Å². The fraction of sp³-hybridized carbons (Fsp3) is 0.765. The summed E-state index contributed by atoms with van der Waals surface area (Å²) >= 11 is 0. The molecule has 0 aromatic rings. The van der Waals surface area contributed by atoms with E-state index >= 15 is 0 Å². The summed E-state index contributed by atoms with van der Waals surface area (Å²) in [5.41, 5.74) is 1.35. The smallest absolute Gasteiger partial charge is 0.224 e. The zero-order valence-electron chi connectivity index (χ0n) is 13.9. The summed E-state index contributed by atoms with van der Waals surface area (Å²) in [6.45, 7) is 11.6. The predicted octanol–water partition coefficient (Wildman–Crippen LogP) is 2.35. The van der Waals surface area contributed by atoms with Crippen LogP contribution in [0.3, 0.4) is 0 Å². The van der Waals surface area contributed by atoms with Gasteiger partial charge < -0.3 is 10.2 Å². The summed E-state index contributed by atoms with van der Waals surface area (Å²) in [4.78, 5) is 25.6. The highest BCUT2D eigenvalue weighted by Gasteiger charge is 2.60. The largest absolute Gasteiger partial charge is 0.353 e. The molecule has 21 heavy (non-hydrogen) atoms. The lowest BCUT2D eigenvalue weighted by Crippen LogP contribution is -2.46. The lowest BCUT2D eigenvalue weighted by Gasteiger charge is -2.31. The van der Waals surface area contributed by atoms with E-state index in [1.807, 2.05) is 4.90 Å². The van der Waals surface area contributed by atoms with Crippen LogP contribution in [0.5, 0.6) is 0 Å². The molecule has 4 heteroatoms. The molecule has 1 heterocycles. The number of allylic oxidation sites excluding steroid dienone is 2. The zero-order valence-corrected chi connectivity index (χ0v) is 13.9. The Morgan fingerprint density at radius 2 is 1.71 bits per heavy atom. The SMILES string of the molecule is CC(=O)N1CCC(NC(=O)[C@@H]2[C@@H](C=C(C)C)C2(C)C)CC1. The molecule has 0 aromatic heterocycles. The number of amides is 2. The Bertz CT molecular complexity index is 455. The summed E-state index contributed by atoms with van der Waals surface area (Å²) in [5.74, 6) is 0.772. The third-order valence-electron chi connectivity index (χ3n) is 4.99. The molecule has 1 saturated carbocycles. The lowest BCUT2D eigenvalue weighted by atomic mass is 10.0. The van der Waals surface area contributed by atoms with Gasteiger partial charge in [0, 0.05) is 26.1 Å². The molecular weight excluding hydrogens is 264 g/mol. The minimum atomic E-state index is 0.0709. The van der Waals surface area contributed by atoms with Crippen molar-refractivity contribution in [2.45, 2.75) is 53.5 Å². The number of carbonyl (C=O) groups excluding carboxylic acids is 2. The topological polar surface area (TPSA) is 49.4 Å². The van der Waals surface area contributed by atoms with Crippen LogP contribution >= 0.6 is 0 Å². The second-order valence-electron chi connectivity index (χ2n) is 7.36. The molecule has 1 N–H and O–H groups in total. The van der Waals surface area contributed by atoms with E-state index in [2.05, 4.69) is 39.1 Å². The van der Waals surface area contributed by atoms with Crippen molar-refractivity contribution in [3.8, 4) is 0 Å². The highest BCUT2D eigenvalue weighted by Crippen LogP contribution is 2.59. The van der Waals surface area contributed by atoms with Gasteiger partial charge in [-0.05, 0) is 38.0 Å². The molecule has 4 nitrogen and oxygen atoms in total. The molecule has 118 valence electrons. The Kier molecular flexibility index (Phi) is 4.45. The lowest BCUT2D eigenvalue weighted by molar-refractivity contribution is -0.130. The Labute approximate surface area is 128 Å². The van der Waals surface area contributed by atoms with Crippen molar-refractivity contribution in [1.29, 1.82) is 0 Å². The summed E-state index contributed by atoms with van der Waals surface area (Å²) in [6.07, 6.45) is 3.96. The van der Waals surface area contributed by atoms with E-state index in [1.54, 1.807) is 6.92 Å². The monoisotopic (exact) mass is 292 g/mol. The molecule has 2 fully saturated rings. The summed E-state index contributed by atoms with van der Waals surface area (Å²) in [5, 5.41) is 3.19. The molecule has 2 atom stereocenters. The van der Waals surface area contributed by atoms with E-state index in [0.717, 1.165) is 25.9 Å². The minimum Gasteiger partial charge on any atom is -0.353 e. The first-order valence-corrected chi connectivity index (χ1v) is 7.94. The highest BCUT2D eigenvalue weighted by atomic mass is 16.2. The van der Waals surface area contributed by atoms with Crippen LogP contribution in [-0.4, -0.2) is 35.8 Å². The molecule has 2 rings (SSSR count). The minimum absolute atomic E-state index is 0.0709. The number of likely N-dealkylation sites (tertiary alicyclic amines) is 1. The fourth-order valence-electron chi connectivity index (χ4n) is 3.48. The molecule has 1 aliphatic heterocycles. The molecule has 0 bridgehead atoms. The number of rotatable bonds is 3. The van der Waals surface area contributed by atoms with Crippen LogP contribution in [0.2, 0.25) is 0 Å². The Balaban J connectivity index is 1.86. The van der Waals surface area contributed by atoms with Gasteiger partial charge in [-0.1, -0.05) is 25.5 Å². The van der Waals surface area contributed by atoms with Gasteiger partial charge in [-0.25, -0.2) is 0 Å². The molecule has 0 unspecified atom stereocenters. The van der Waals surface area contributed by atoms with E-state index in [9.17, 15) is 9.59 Å². The van der Waals surface area contributed by atoms with Gasteiger partial charge in [-0.3, -0.25) is 9.59 Å². The first-order valence-electron chi connectivity index (χ1n) is 7.94. The average Bonchev–Trinajstić information content (AvgIpc) is 2.90. The van der Waals surface area contributed by atoms with Crippen LogP contribution in [0.25, 0.3) is 0 Å². The zero-order chi connectivity index (χ0) is 15.8. The van der Waals surface area contributed by atoms with E-state index in [1.165, 1.54) is 5.57 Å². The Morgan fingerprint density at radius 1 is 1.14 bits per heavy atom. The van der Waals surface area contributed by atoms with Gasteiger partial charge in [-0.2, -0.15) is 0 Å². The Hall–Kier alpha value is -1.32. The van der Waals surface area contributed by atoms with Crippen LogP contribution < -0.4 is 5.32 Å². The number of carbonyl (C=O) groups is 2. The van der Waals surface area contributed by atoms with Crippen molar-refractivity contribution in [2.24, 2.45) is 17.3 Å². The van der Waals surface area contributed by atoms with Crippen molar-refractivity contribution >= 4 is 11.8 Å². The van der Waals surface area contributed by atoms with E-state index < -0.39 is 0 Å². The summed E-state index contributed by atoms with van der Waals surface area (Å²) < 4.78 is 0. The van der Waals surface area contributed by atoms with Crippen LogP contribution in [0.1, 0.15) is 47.5 Å². The standard InChI is InChI=1S/C17H28N2O2/c1-11(2)10-14-15(17(14,4)5)16(21)18-13-6-8-19(9-7-13)12(3)20/h10,13-15H,6-9H2,1-5H3,(H,18,21)/t14-,15+/m1/s1. The molecule has 0 spiro atoms. The molecule has 2 aliphatic rings. The summed E-state index contributed by atoms with van der Waals surface area (Å²) in [7, 11) is 0. The number of hydrogen-bond acceptors (Lipinski definition) is 2. The van der Waals surface area contributed by atoms with Crippen molar-refractivity contribution in [1.82, 2.24) is 10.2 Å². The van der Waals surface area contributed by atoms with Gasteiger partial charge in [0.1, 0.15) is 0 Å². The third-order valence-corrected chi connectivity index (χ3v) is 4.99. The normalized spacial score (nSPS) is 28.0. The van der Waals surface area contributed by atoms with Crippen LogP contribution in [0.15, 0.2) is 11.6 Å². The molecule has 1 saturated heterocycles. The average molecular weight is 292 g/mol. The number of nitrogens with zero attached hydrogens (tertiary/aromatic N) is 1. The maximum absolute atomic E-state index is 12.5. The number of nitrogens with one attached hydrogen (secondary N) is 1. The van der Waals surface area contributed by atoms with Gasteiger partial charge in [0.05, 0.1) is 5.92 Å². The van der Waals surface area contributed by atoms with Gasteiger partial charge in [0.2, 0.25) is 11.8 Å². The third kappa shape index (κ3) is 3.47. The first-order chi connectivity index (χ1) is 9.73. The molecule has 2 amide bonds. The quantitative estimate of drug-likeness (QED) is 0.812. The van der Waals surface area contributed by atoms with Crippen molar-refractivity contribution in [2.75, 3.05) is 13.1 Å². The summed E-state index contributed by atoms with van der Waals surface area (Å²) in [6, 6.07) is 0.219. The fourth-order valence-corrected chi connectivity index (χ4v) is 3.48. The maximum Gasteiger partial charge on any atom is 0.224 e. The molecule has 1 aliphatic carbocycles. The second kappa shape index (κ2) is 5.82. The highest BCUT2D eigenvalue weighted by molar-refractivity contribution is 5.84. The Morgan fingerprint density at radius 3 is 2.19 bits per heavy atom. The molecule has 0 radical (unpaired) electrons. The number of piperidine rings is 1.